The van der Waals surface area contributed by atoms with Crippen LogP contribution in [0.25, 0.3) is 0 Å². The van der Waals surface area contributed by atoms with Gasteiger partial charge >= 0.3 is 0 Å². The summed E-state index contributed by atoms with van der Waals surface area (Å²) in [7, 11) is 3.30. The van der Waals surface area contributed by atoms with Crippen LogP contribution < -0.4 is 14.8 Å². The highest BCUT2D eigenvalue weighted by Crippen LogP contribution is 2.15. The fourth-order valence-corrected chi connectivity index (χ4v) is 1.75. The van der Waals surface area contributed by atoms with Gasteiger partial charge < -0.3 is 19.5 Å². The molecule has 112 valence electrons. The second kappa shape index (κ2) is 8.11. The zero-order valence-corrected chi connectivity index (χ0v) is 12.3. The van der Waals surface area contributed by atoms with Crippen molar-refractivity contribution in [3.05, 3.63) is 48.2 Å². The molecule has 0 unspecified atom stereocenters. The van der Waals surface area contributed by atoms with Crippen LogP contribution in [0.3, 0.4) is 0 Å². The van der Waals surface area contributed by atoms with Gasteiger partial charge in [0.2, 0.25) is 5.88 Å². The Morgan fingerprint density at radius 1 is 1.00 bits per heavy atom. The molecule has 5 heteroatoms. The van der Waals surface area contributed by atoms with E-state index < -0.39 is 0 Å². The molecule has 21 heavy (non-hydrogen) atoms. The summed E-state index contributed by atoms with van der Waals surface area (Å²) in [4.78, 5) is 4.23. The van der Waals surface area contributed by atoms with E-state index in [0.717, 1.165) is 18.0 Å². The van der Waals surface area contributed by atoms with Crippen LogP contribution in [0.5, 0.6) is 11.6 Å². The third kappa shape index (κ3) is 4.96. The van der Waals surface area contributed by atoms with Gasteiger partial charge in [-0.1, -0.05) is 12.1 Å². The number of nitrogens with zero attached hydrogens (tertiary/aromatic N) is 1. The van der Waals surface area contributed by atoms with Crippen molar-refractivity contribution in [3.63, 3.8) is 0 Å². The fraction of sp³-hybridized carbons (Fsp3) is 0.312. The Kier molecular flexibility index (Phi) is 5.84. The Bertz CT molecular complexity index is 526. The van der Waals surface area contributed by atoms with E-state index in [4.69, 9.17) is 14.2 Å². The minimum Gasteiger partial charge on any atom is -0.497 e. The third-order valence-corrected chi connectivity index (χ3v) is 2.93. The first-order valence-electron chi connectivity index (χ1n) is 6.76. The SMILES string of the molecule is COCCOc1ccc(NCc2ccc(OC)cc2)cn1. The van der Waals surface area contributed by atoms with Gasteiger partial charge in [0, 0.05) is 19.7 Å². The maximum absolute atomic E-state index is 5.41. The van der Waals surface area contributed by atoms with Crippen LogP contribution in [0, 0.1) is 0 Å². The molecular weight excluding hydrogens is 268 g/mol. The smallest absolute Gasteiger partial charge is 0.213 e. The van der Waals surface area contributed by atoms with E-state index in [1.54, 1.807) is 20.4 Å². The average Bonchev–Trinajstić information content (AvgIpc) is 2.55. The van der Waals surface area contributed by atoms with E-state index >= 15 is 0 Å². The van der Waals surface area contributed by atoms with Gasteiger partial charge in [-0.15, -0.1) is 0 Å². The highest BCUT2D eigenvalue weighted by Gasteiger charge is 1.98. The molecule has 0 saturated heterocycles. The molecule has 1 N–H and O–H groups in total. The standard InChI is InChI=1S/C16H20N2O3/c1-19-9-10-21-16-8-5-14(12-18-16)17-11-13-3-6-15(20-2)7-4-13/h3-8,12,17H,9-11H2,1-2H3. The van der Waals surface area contributed by atoms with E-state index in [1.165, 1.54) is 5.56 Å². The Labute approximate surface area is 124 Å². The number of nitrogens with one attached hydrogen (secondary N) is 1. The van der Waals surface area contributed by atoms with Crippen LogP contribution in [0.15, 0.2) is 42.6 Å². The number of pyridine rings is 1. The lowest BCUT2D eigenvalue weighted by atomic mass is 10.2. The Hall–Kier alpha value is -2.27. The van der Waals surface area contributed by atoms with Crippen molar-refractivity contribution in [2.75, 3.05) is 32.8 Å². The first-order valence-corrected chi connectivity index (χ1v) is 6.76. The Morgan fingerprint density at radius 3 is 2.43 bits per heavy atom. The molecule has 0 atom stereocenters. The second-order valence-electron chi connectivity index (χ2n) is 4.43. The minimum absolute atomic E-state index is 0.502. The molecule has 1 aromatic heterocycles. The molecule has 0 fully saturated rings. The number of hydrogen-bond donors (Lipinski definition) is 1. The molecule has 0 saturated carbocycles. The molecule has 0 bridgehead atoms. The number of ether oxygens (including phenoxy) is 3. The molecule has 0 aliphatic carbocycles. The lowest BCUT2D eigenvalue weighted by molar-refractivity contribution is 0.144. The Balaban J connectivity index is 1.82. The van der Waals surface area contributed by atoms with Crippen molar-refractivity contribution in [2.24, 2.45) is 0 Å². The van der Waals surface area contributed by atoms with Gasteiger partial charge in [0.1, 0.15) is 12.4 Å². The highest BCUT2D eigenvalue weighted by molar-refractivity contribution is 5.43. The summed E-state index contributed by atoms with van der Waals surface area (Å²) in [5.41, 5.74) is 2.13. The third-order valence-electron chi connectivity index (χ3n) is 2.93. The predicted octanol–water partition coefficient (Wildman–Crippen LogP) is 2.73. The van der Waals surface area contributed by atoms with E-state index in [2.05, 4.69) is 10.3 Å². The van der Waals surface area contributed by atoms with Gasteiger partial charge in [-0.05, 0) is 23.8 Å². The van der Waals surface area contributed by atoms with Gasteiger partial charge in [-0.25, -0.2) is 4.98 Å². The van der Waals surface area contributed by atoms with Gasteiger partial charge in [0.15, 0.2) is 0 Å². The summed E-state index contributed by atoms with van der Waals surface area (Å²) in [6.45, 7) is 1.79. The monoisotopic (exact) mass is 288 g/mol. The van der Waals surface area contributed by atoms with Crippen LogP contribution in [-0.4, -0.2) is 32.4 Å². The van der Waals surface area contributed by atoms with E-state index in [-0.39, 0.29) is 0 Å². The summed E-state index contributed by atoms with van der Waals surface area (Å²) in [6, 6.07) is 11.7. The molecule has 0 amide bonds. The van der Waals surface area contributed by atoms with Crippen molar-refractivity contribution < 1.29 is 14.2 Å². The van der Waals surface area contributed by atoms with E-state index in [9.17, 15) is 0 Å². The van der Waals surface area contributed by atoms with Crippen LogP contribution in [-0.2, 0) is 11.3 Å². The number of benzene rings is 1. The van der Waals surface area contributed by atoms with Crippen molar-refractivity contribution in [1.29, 1.82) is 0 Å². The summed E-state index contributed by atoms with van der Waals surface area (Å²) >= 11 is 0. The number of methoxy groups -OCH3 is 2. The van der Waals surface area contributed by atoms with Gasteiger partial charge in [-0.3, -0.25) is 0 Å². The second-order valence-corrected chi connectivity index (χ2v) is 4.43. The molecule has 1 aromatic carbocycles. The molecule has 0 spiro atoms. The lowest BCUT2D eigenvalue weighted by Gasteiger charge is -2.08. The topological polar surface area (TPSA) is 52.6 Å². The first kappa shape index (κ1) is 15.1. The molecule has 2 rings (SSSR count). The van der Waals surface area contributed by atoms with Crippen molar-refractivity contribution in [2.45, 2.75) is 6.54 Å². The van der Waals surface area contributed by atoms with Crippen molar-refractivity contribution >= 4 is 5.69 Å². The van der Waals surface area contributed by atoms with Crippen LogP contribution >= 0.6 is 0 Å². The quantitative estimate of drug-likeness (QED) is 0.757. The average molecular weight is 288 g/mol. The van der Waals surface area contributed by atoms with Gasteiger partial charge in [0.25, 0.3) is 0 Å². The number of rotatable bonds is 8. The maximum atomic E-state index is 5.41. The summed E-state index contributed by atoms with van der Waals surface area (Å²) < 4.78 is 15.5. The molecule has 0 aliphatic heterocycles. The number of aromatic nitrogens is 1. The Morgan fingerprint density at radius 2 is 1.81 bits per heavy atom. The summed E-state index contributed by atoms with van der Waals surface area (Å²) in [5, 5.41) is 3.31. The number of anilines is 1. The van der Waals surface area contributed by atoms with Crippen LogP contribution in [0.2, 0.25) is 0 Å². The molecule has 2 aromatic rings. The first-order chi connectivity index (χ1) is 10.3. The van der Waals surface area contributed by atoms with Crippen LogP contribution in [0.1, 0.15) is 5.56 Å². The molecule has 0 aliphatic rings. The molecular formula is C16H20N2O3. The minimum atomic E-state index is 0.502. The number of hydrogen-bond acceptors (Lipinski definition) is 5. The van der Waals surface area contributed by atoms with Crippen molar-refractivity contribution in [1.82, 2.24) is 4.98 Å². The van der Waals surface area contributed by atoms with E-state index in [0.29, 0.717) is 19.1 Å². The zero-order chi connectivity index (χ0) is 14.9. The fourth-order valence-electron chi connectivity index (χ4n) is 1.75. The van der Waals surface area contributed by atoms with E-state index in [1.807, 2.05) is 36.4 Å². The zero-order valence-electron chi connectivity index (χ0n) is 12.3. The summed E-state index contributed by atoms with van der Waals surface area (Å²) in [6.07, 6.45) is 1.76. The van der Waals surface area contributed by atoms with Crippen LogP contribution in [0.4, 0.5) is 5.69 Å². The van der Waals surface area contributed by atoms with Gasteiger partial charge in [-0.2, -0.15) is 0 Å². The largest absolute Gasteiger partial charge is 0.497 e. The lowest BCUT2D eigenvalue weighted by Crippen LogP contribution is -2.05. The highest BCUT2D eigenvalue weighted by atomic mass is 16.5. The molecule has 5 nitrogen and oxygen atoms in total. The molecule has 0 radical (unpaired) electrons. The normalized spacial score (nSPS) is 10.2. The maximum Gasteiger partial charge on any atom is 0.213 e. The van der Waals surface area contributed by atoms with Gasteiger partial charge in [0.05, 0.1) is 25.6 Å². The summed E-state index contributed by atoms with van der Waals surface area (Å²) in [5.74, 6) is 1.46. The molecule has 1 heterocycles. The van der Waals surface area contributed by atoms with Crippen molar-refractivity contribution in [3.8, 4) is 11.6 Å². The predicted molar refractivity (Wildman–Crippen MR) is 81.9 cm³/mol.